The van der Waals surface area contributed by atoms with Gasteiger partial charge in [0.2, 0.25) is 0 Å². The zero-order valence-corrected chi connectivity index (χ0v) is 12.4. The van der Waals surface area contributed by atoms with E-state index in [2.05, 4.69) is 9.97 Å². The van der Waals surface area contributed by atoms with Crippen LogP contribution in [0.5, 0.6) is 0 Å². The molecular formula is C17H14FN3O2. The van der Waals surface area contributed by atoms with Crippen molar-refractivity contribution in [1.82, 2.24) is 9.97 Å². The average molecular weight is 311 g/mol. The summed E-state index contributed by atoms with van der Waals surface area (Å²) in [7, 11) is 0. The summed E-state index contributed by atoms with van der Waals surface area (Å²) < 4.78 is 18.5. The molecule has 1 amide bonds. The van der Waals surface area contributed by atoms with Gasteiger partial charge in [0.25, 0.3) is 0 Å². The molecule has 0 radical (unpaired) electrons. The zero-order valence-electron chi connectivity index (χ0n) is 12.4. The number of pyridine rings is 2. The monoisotopic (exact) mass is 311 g/mol. The van der Waals surface area contributed by atoms with Crippen LogP contribution < -0.4 is 5.73 Å². The van der Waals surface area contributed by atoms with Gasteiger partial charge >= 0.3 is 6.09 Å². The number of aromatic nitrogens is 2. The number of rotatable bonds is 3. The molecule has 0 aliphatic carbocycles. The zero-order chi connectivity index (χ0) is 16.4. The van der Waals surface area contributed by atoms with Crippen LogP contribution in [0.15, 0.2) is 48.7 Å². The molecule has 6 heteroatoms. The SMILES string of the molecule is CC(OC(N)=O)c1nc2ccc(F)cc2cc1-c1ccccn1. The number of ether oxygens (including phenoxy) is 1. The normalized spacial score (nSPS) is 12.1. The Morgan fingerprint density at radius 3 is 2.78 bits per heavy atom. The van der Waals surface area contributed by atoms with E-state index in [4.69, 9.17) is 10.5 Å². The van der Waals surface area contributed by atoms with Crippen LogP contribution in [0.3, 0.4) is 0 Å². The van der Waals surface area contributed by atoms with Gasteiger partial charge in [-0.15, -0.1) is 0 Å². The Morgan fingerprint density at radius 1 is 1.26 bits per heavy atom. The number of carbonyl (C=O) groups excluding carboxylic acids is 1. The summed E-state index contributed by atoms with van der Waals surface area (Å²) in [5.41, 5.74) is 7.53. The van der Waals surface area contributed by atoms with E-state index in [9.17, 15) is 9.18 Å². The van der Waals surface area contributed by atoms with Gasteiger partial charge in [-0.3, -0.25) is 4.98 Å². The number of nitrogens with two attached hydrogens (primary N) is 1. The number of carbonyl (C=O) groups is 1. The van der Waals surface area contributed by atoms with E-state index in [-0.39, 0.29) is 5.82 Å². The molecular weight excluding hydrogens is 297 g/mol. The minimum Gasteiger partial charge on any atom is -0.440 e. The van der Waals surface area contributed by atoms with E-state index in [1.807, 2.05) is 12.1 Å². The summed E-state index contributed by atoms with van der Waals surface area (Å²) in [6.45, 7) is 1.68. The van der Waals surface area contributed by atoms with Crippen LogP contribution in [0.25, 0.3) is 22.2 Å². The number of fused-ring (bicyclic) bond motifs is 1. The van der Waals surface area contributed by atoms with E-state index in [1.54, 1.807) is 31.3 Å². The molecule has 0 aliphatic rings. The van der Waals surface area contributed by atoms with Crippen LogP contribution in [0.1, 0.15) is 18.7 Å². The quantitative estimate of drug-likeness (QED) is 0.801. The number of hydrogen-bond acceptors (Lipinski definition) is 4. The van der Waals surface area contributed by atoms with Crippen molar-refractivity contribution in [2.24, 2.45) is 5.73 Å². The minimum absolute atomic E-state index is 0.347. The first-order valence-corrected chi connectivity index (χ1v) is 7.02. The molecule has 23 heavy (non-hydrogen) atoms. The highest BCUT2D eigenvalue weighted by Gasteiger charge is 2.18. The lowest BCUT2D eigenvalue weighted by atomic mass is 10.0. The van der Waals surface area contributed by atoms with Gasteiger partial charge in [0.15, 0.2) is 0 Å². The van der Waals surface area contributed by atoms with Gasteiger partial charge < -0.3 is 10.5 Å². The number of halogens is 1. The number of primary amides is 1. The molecule has 2 N–H and O–H groups in total. The van der Waals surface area contributed by atoms with Crippen LogP contribution in [0.2, 0.25) is 0 Å². The first-order chi connectivity index (χ1) is 11.0. The Labute approximate surface area is 131 Å². The molecule has 2 aromatic heterocycles. The molecule has 1 atom stereocenters. The largest absolute Gasteiger partial charge is 0.440 e. The third kappa shape index (κ3) is 3.11. The molecule has 0 bridgehead atoms. The second-order valence-electron chi connectivity index (χ2n) is 5.05. The molecule has 116 valence electrons. The lowest BCUT2D eigenvalue weighted by Gasteiger charge is -2.16. The first kappa shape index (κ1) is 14.9. The predicted octanol–water partition coefficient (Wildman–Crippen LogP) is 3.59. The second kappa shape index (κ2) is 6.00. The topological polar surface area (TPSA) is 78.1 Å². The molecule has 1 aromatic carbocycles. The number of benzene rings is 1. The van der Waals surface area contributed by atoms with Crippen molar-refractivity contribution in [3.8, 4) is 11.3 Å². The van der Waals surface area contributed by atoms with Crippen LogP contribution in [-0.2, 0) is 4.74 Å². The van der Waals surface area contributed by atoms with Crippen LogP contribution in [-0.4, -0.2) is 16.1 Å². The highest BCUT2D eigenvalue weighted by Crippen LogP contribution is 2.30. The van der Waals surface area contributed by atoms with Crippen molar-refractivity contribution in [3.05, 3.63) is 60.2 Å². The molecule has 5 nitrogen and oxygen atoms in total. The van der Waals surface area contributed by atoms with Crippen molar-refractivity contribution in [2.75, 3.05) is 0 Å². The summed E-state index contributed by atoms with van der Waals surface area (Å²) in [6.07, 6.45) is 0.110. The summed E-state index contributed by atoms with van der Waals surface area (Å²) in [6, 6.07) is 11.5. The maximum atomic E-state index is 13.5. The van der Waals surface area contributed by atoms with E-state index in [0.717, 1.165) is 0 Å². The summed E-state index contributed by atoms with van der Waals surface area (Å²) >= 11 is 0. The smallest absolute Gasteiger partial charge is 0.405 e. The predicted molar refractivity (Wildman–Crippen MR) is 84.0 cm³/mol. The van der Waals surface area contributed by atoms with Gasteiger partial charge in [0.05, 0.1) is 16.9 Å². The summed E-state index contributed by atoms with van der Waals surface area (Å²) in [4.78, 5) is 19.8. The van der Waals surface area contributed by atoms with Gasteiger partial charge in [-0.2, -0.15) is 0 Å². The van der Waals surface area contributed by atoms with E-state index < -0.39 is 12.2 Å². The van der Waals surface area contributed by atoms with Crippen molar-refractivity contribution < 1.29 is 13.9 Å². The Morgan fingerprint density at radius 2 is 2.09 bits per heavy atom. The second-order valence-corrected chi connectivity index (χ2v) is 5.05. The van der Waals surface area contributed by atoms with E-state index >= 15 is 0 Å². The maximum Gasteiger partial charge on any atom is 0.405 e. The Hall–Kier alpha value is -3.02. The van der Waals surface area contributed by atoms with Gasteiger partial charge in [-0.05, 0) is 43.3 Å². The van der Waals surface area contributed by atoms with Gasteiger partial charge in [0, 0.05) is 17.1 Å². The molecule has 0 fully saturated rings. The van der Waals surface area contributed by atoms with Crippen LogP contribution >= 0.6 is 0 Å². The van der Waals surface area contributed by atoms with Crippen LogP contribution in [0.4, 0.5) is 9.18 Å². The molecule has 0 spiro atoms. The average Bonchev–Trinajstić information content (AvgIpc) is 2.53. The number of nitrogens with zero attached hydrogens (tertiary/aromatic N) is 2. The van der Waals surface area contributed by atoms with Gasteiger partial charge in [0.1, 0.15) is 11.9 Å². The number of amides is 1. The van der Waals surface area contributed by atoms with Gasteiger partial charge in [-0.1, -0.05) is 6.07 Å². The molecule has 0 aliphatic heterocycles. The maximum absolute atomic E-state index is 13.5. The lowest BCUT2D eigenvalue weighted by Crippen LogP contribution is -2.17. The van der Waals surface area contributed by atoms with Crippen molar-refractivity contribution in [3.63, 3.8) is 0 Å². The summed E-state index contributed by atoms with van der Waals surface area (Å²) in [5.74, 6) is -0.347. The highest BCUT2D eigenvalue weighted by molar-refractivity contribution is 5.84. The molecule has 0 saturated heterocycles. The fourth-order valence-corrected chi connectivity index (χ4v) is 2.43. The molecule has 3 rings (SSSR count). The van der Waals surface area contributed by atoms with Crippen molar-refractivity contribution in [2.45, 2.75) is 13.0 Å². The molecule has 2 heterocycles. The summed E-state index contributed by atoms with van der Waals surface area (Å²) in [5, 5.41) is 0.640. The third-order valence-electron chi connectivity index (χ3n) is 3.43. The Bertz CT molecular complexity index is 868. The number of hydrogen-bond donors (Lipinski definition) is 1. The third-order valence-corrected chi connectivity index (χ3v) is 3.43. The fourth-order valence-electron chi connectivity index (χ4n) is 2.43. The molecule has 3 aromatic rings. The highest BCUT2D eigenvalue weighted by atomic mass is 19.1. The first-order valence-electron chi connectivity index (χ1n) is 7.02. The van der Waals surface area contributed by atoms with Crippen molar-refractivity contribution >= 4 is 17.0 Å². The van der Waals surface area contributed by atoms with E-state index in [0.29, 0.717) is 27.9 Å². The van der Waals surface area contributed by atoms with Crippen molar-refractivity contribution in [1.29, 1.82) is 0 Å². The minimum atomic E-state index is -0.884. The fraction of sp³-hybridized carbons (Fsp3) is 0.118. The standard InChI is InChI=1S/C17H14FN3O2/c1-10(23-17(19)22)16-13(15-4-2-3-7-20-15)9-11-8-12(18)5-6-14(11)21-16/h2-10H,1H3,(H2,19,22). The Kier molecular flexibility index (Phi) is 3.89. The Balaban J connectivity index is 2.22. The van der Waals surface area contributed by atoms with Crippen LogP contribution in [0, 0.1) is 5.82 Å². The molecule has 1 unspecified atom stereocenters. The lowest BCUT2D eigenvalue weighted by molar-refractivity contribution is 0.115. The molecule has 0 saturated carbocycles. The van der Waals surface area contributed by atoms with Gasteiger partial charge in [-0.25, -0.2) is 14.2 Å². The van der Waals surface area contributed by atoms with E-state index in [1.165, 1.54) is 12.1 Å².